The van der Waals surface area contributed by atoms with E-state index >= 15 is 0 Å². The van der Waals surface area contributed by atoms with Gasteiger partial charge in [0.25, 0.3) is 0 Å². The number of nitrogens with two attached hydrogens (primary N) is 1. The van der Waals surface area contributed by atoms with Crippen molar-refractivity contribution in [1.82, 2.24) is 4.90 Å². The Kier molecular flexibility index (Phi) is 2.38. The summed E-state index contributed by atoms with van der Waals surface area (Å²) < 4.78 is 0. The van der Waals surface area contributed by atoms with Crippen LogP contribution in [0.1, 0.15) is 13.8 Å². The van der Waals surface area contributed by atoms with E-state index in [1.807, 2.05) is 19.9 Å². The first kappa shape index (κ1) is 9.74. The van der Waals surface area contributed by atoms with E-state index in [1.165, 1.54) is 4.90 Å². The molecule has 0 aliphatic carbocycles. The molecule has 1 heterocycles. The predicted molar refractivity (Wildman–Crippen MR) is 52.5 cm³/mol. The largest absolute Gasteiger partial charge is 0.302 e. The molecule has 13 heavy (non-hydrogen) atoms. The third kappa shape index (κ3) is 1.55. The first-order valence-corrected chi connectivity index (χ1v) is 4.08. The summed E-state index contributed by atoms with van der Waals surface area (Å²) in [5.41, 5.74) is 6.95. The molecule has 1 aliphatic heterocycles. The van der Waals surface area contributed by atoms with Gasteiger partial charge in [-0.2, -0.15) is 0 Å². The lowest BCUT2D eigenvalue weighted by Gasteiger charge is -2.37. The summed E-state index contributed by atoms with van der Waals surface area (Å²) in [6.45, 7) is 7.41. The van der Waals surface area contributed by atoms with Gasteiger partial charge in [-0.05, 0) is 37.6 Å². The van der Waals surface area contributed by atoms with Gasteiger partial charge >= 0.3 is 0 Å². The normalized spacial score (nSPS) is 27.8. The predicted octanol–water partition coefficient (Wildman–Crippen LogP) is 1.15. The summed E-state index contributed by atoms with van der Waals surface area (Å²) in [6.07, 6.45) is 5.99. The zero-order valence-electron chi connectivity index (χ0n) is 7.95. The zero-order valence-corrected chi connectivity index (χ0v) is 7.95. The maximum absolute atomic E-state index is 10.8. The van der Waals surface area contributed by atoms with E-state index in [9.17, 15) is 4.79 Å². The molecule has 0 aromatic carbocycles. The Morgan fingerprint density at radius 3 is 2.69 bits per heavy atom. The number of allylic oxidation sites excluding steroid dienone is 3. The summed E-state index contributed by atoms with van der Waals surface area (Å²) >= 11 is 0. The summed E-state index contributed by atoms with van der Waals surface area (Å²) in [4.78, 5) is 12.2. The fraction of sp³-hybridized carbons (Fsp3) is 0.300. The minimum atomic E-state index is -0.870. The molecule has 3 nitrogen and oxygen atoms in total. The van der Waals surface area contributed by atoms with Crippen molar-refractivity contribution in [2.45, 2.75) is 19.5 Å². The molecule has 0 radical (unpaired) electrons. The summed E-state index contributed by atoms with van der Waals surface area (Å²) in [7, 11) is 0. The molecule has 0 aromatic rings. The molecule has 0 saturated heterocycles. The highest BCUT2D eigenvalue weighted by Gasteiger charge is 2.29. The maximum Gasteiger partial charge on any atom is 0.215 e. The average Bonchev–Trinajstić information content (AvgIpc) is 2.03. The summed E-state index contributed by atoms with van der Waals surface area (Å²) in [5, 5.41) is 0. The van der Waals surface area contributed by atoms with Crippen molar-refractivity contribution in [1.29, 1.82) is 0 Å². The lowest BCUT2D eigenvalue weighted by Crippen LogP contribution is -2.52. The highest BCUT2D eigenvalue weighted by atomic mass is 16.1. The Morgan fingerprint density at radius 2 is 2.23 bits per heavy atom. The standard InChI is InChI=1S/C10H14N2O/c1-4-10(11)6-8(2)5-9(3)12(10)7-13/h4-7H,1,11H2,2-3H3. The van der Waals surface area contributed by atoms with Crippen LogP contribution in [0, 0.1) is 0 Å². The second-order valence-electron chi connectivity index (χ2n) is 3.24. The van der Waals surface area contributed by atoms with Crippen LogP contribution >= 0.6 is 0 Å². The van der Waals surface area contributed by atoms with Crippen LogP contribution in [0.25, 0.3) is 0 Å². The molecule has 3 heteroatoms. The molecular weight excluding hydrogens is 164 g/mol. The number of rotatable bonds is 2. The monoisotopic (exact) mass is 178 g/mol. The van der Waals surface area contributed by atoms with Gasteiger partial charge in [0.1, 0.15) is 5.66 Å². The van der Waals surface area contributed by atoms with E-state index in [-0.39, 0.29) is 0 Å². The van der Waals surface area contributed by atoms with Crippen LogP contribution in [0.3, 0.4) is 0 Å². The minimum absolute atomic E-state index is 0.719. The fourth-order valence-corrected chi connectivity index (χ4v) is 1.51. The lowest BCUT2D eigenvalue weighted by atomic mass is 10.0. The molecule has 1 atom stereocenters. The quantitative estimate of drug-likeness (QED) is 0.509. The first-order valence-electron chi connectivity index (χ1n) is 4.08. The molecule has 1 amide bonds. The molecule has 70 valence electrons. The van der Waals surface area contributed by atoms with E-state index < -0.39 is 5.66 Å². The molecule has 0 aromatic heterocycles. The maximum atomic E-state index is 10.8. The number of nitrogens with zero attached hydrogens (tertiary/aromatic N) is 1. The van der Waals surface area contributed by atoms with E-state index in [0.717, 1.165) is 17.7 Å². The number of carbonyl (C=O) groups is 1. The van der Waals surface area contributed by atoms with Gasteiger partial charge in [0.05, 0.1) is 0 Å². The Morgan fingerprint density at radius 1 is 1.62 bits per heavy atom. The molecule has 1 aliphatic rings. The molecule has 0 bridgehead atoms. The molecule has 1 rings (SSSR count). The van der Waals surface area contributed by atoms with Crippen molar-refractivity contribution in [3.63, 3.8) is 0 Å². The van der Waals surface area contributed by atoms with Crippen molar-refractivity contribution in [3.05, 3.63) is 36.1 Å². The number of amides is 1. The molecule has 0 fully saturated rings. The third-order valence-corrected chi connectivity index (χ3v) is 2.13. The minimum Gasteiger partial charge on any atom is -0.302 e. The molecular formula is C10H14N2O. The van der Waals surface area contributed by atoms with E-state index in [0.29, 0.717) is 0 Å². The highest BCUT2D eigenvalue weighted by molar-refractivity contribution is 5.57. The molecule has 1 unspecified atom stereocenters. The van der Waals surface area contributed by atoms with Gasteiger partial charge in [0.2, 0.25) is 6.41 Å². The second kappa shape index (κ2) is 3.18. The highest BCUT2D eigenvalue weighted by Crippen LogP contribution is 2.24. The Hall–Kier alpha value is -1.35. The molecule has 0 saturated carbocycles. The first-order chi connectivity index (χ1) is 6.03. The zero-order chi connectivity index (χ0) is 10.1. The average molecular weight is 178 g/mol. The van der Waals surface area contributed by atoms with E-state index in [4.69, 9.17) is 5.73 Å². The van der Waals surface area contributed by atoms with Gasteiger partial charge in [-0.1, -0.05) is 6.58 Å². The van der Waals surface area contributed by atoms with Crippen molar-refractivity contribution < 1.29 is 4.79 Å². The van der Waals surface area contributed by atoms with Crippen molar-refractivity contribution >= 4 is 6.41 Å². The lowest BCUT2D eigenvalue weighted by molar-refractivity contribution is -0.119. The van der Waals surface area contributed by atoms with Crippen molar-refractivity contribution in [2.75, 3.05) is 0 Å². The van der Waals surface area contributed by atoms with Crippen LogP contribution in [0.2, 0.25) is 0 Å². The van der Waals surface area contributed by atoms with Crippen LogP contribution in [0.4, 0.5) is 0 Å². The third-order valence-electron chi connectivity index (χ3n) is 2.13. The summed E-state index contributed by atoms with van der Waals surface area (Å²) in [6, 6.07) is 0. The Balaban J connectivity index is 3.17. The SMILES string of the molecule is C=CC1(N)C=C(C)C=C(C)N1C=O. The van der Waals surface area contributed by atoms with Crippen LogP contribution in [-0.4, -0.2) is 17.0 Å². The number of hydrogen-bond acceptors (Lipinski definition) is 2. The fourth-order valence-electron chi connectivity index (χ4n) is 1.51. The molecule has 2 N–H and O–H groups in total. The van der Waals surface area contributed by atoms with Crippen LogP contribution in [0.5, 0.6) is 0 Å². The van der Waals surface area contributed by atoms with Gasteiger partial charge in [-0.3, -0.25) is 9.69 Å². The second-order valence-corrected chi connectivity index (χ2v) is 3.24. The topological polar surface area (TPSA) is 46.3 Å². The van der Waals surface area contributed by atoms with Gasteiger partial charge < -0.3 is 5.73 Å². The van der Waals surface area contributed by atoms with E-state index in [2.05, 4.69) is 6.58 Å². The van der Waals surface area contributed by atoms with Crippen molar-refractivity contribution in [2.24, 2.45) is 5.73 Å². The van der Waals surface area contributed by atoms with Crippen LogP contribution in [-0.2, 0) is 4.79 Å². The summed E-state index contributed by atoms with van der Waals surface area (Å²) in [5.74, 6) is 0. The Bertz CT molecular complexity index is 304. The van der Waals surface area contributed by atoms with E-state index in [1.54, 1.807) is 12.2 Å². The Labute approximate surface area is 78.2 Å². The van der Waals surface area contributed by atoms with Gasteiger partial charge in [0.15, 0.2) is 0 Å². The van der Waals surface area contributed by atoms with Crippen LogP contribution < -0.4 is 5.73 Å². The van der Waals surface area contributed by atoms with Gasteiger partial charge in [-0.15, -0.1) is 0 Å². The van der Waals surface area contributed by atoms with Gasteiger partial charge in [-0.25, -0.2) is 0 Å². The number of carbonyl (C=O) groups excluding carboxylic acids is 1. The van der Waals surface area contributed by atoms with Crippen molar-refractivity contribution in [3.8, 4) is 0 Å². The number of hydrogen-bond donors (Lipinski definition) is 1. The van der Waals surface area contributed by atoms with Crippen LogP contribution in [0.15, 0.2) is 36.1 Å². The van der Waals surface area contributed by atoms with Gasteiger partial charge in [0, 0.05) is 5.70 Å². The molecule has 0 spiro atoms. The smallest absolute Gasteiger partial charge is 0.215 e.